The molecule has 0 unspecified atom stereocenters. The Hall–Kier alpha value is -3.48. The molecule has 0 aliphatic heterocycles. The number of aromatic amines is 1. The van der Waals surface area contributed by atoms with Gasteiger partial charge in [0.2, 0.25) is 0 Å². The minimum atomic E-state index is -0.666. The molecule has 138 valence electrons. The van der Waals surface area contributed by atoms with E-state index < -0.39 is 17.2 Å². The van der Waals surface area contributed by atoms with Gasteiger partial charge in [-0.2, -0.15) is 0 Å². The maximum atomic E-state index is 12.6. The molecule has 1 amide bonds. The number of hydrogen-bond donors (Lipinski definition) is 2. The standard InChI is InChI=1S/C20H20N4O3/c1-13(2)14-6-8-15(9-7-14)23-18(25)17-11-22-20(27)24(19(17)26)12-16-5-3-4-10-21-16/h3-11,13H,12H2,1-2H3,(H,22,27)(H,23,25). The third-order valence-electron chi connectivity index (χ3n) is 4.19. The number of benzene rings is 1. The first-order valence-electron chi connectivity index (χ1n) is 8.59. The van der Waals surface area contributed by atoms with Gasteiger partial charge in [0.25, 0.3) is 11.5 Å². The van der Waals surface area contributed by atoms with E-state index in [4.69, 9.17) is 0 Å². The quantitative estimate of drug-likeness (QED) is 0.726. The molecule has 0 spiro atoms. The zero-order chi connectivity index (χ0) is 19.4. The molecule has 0 saturated carbocycles. The van der Waals surface area contributed by atoms with Gasteiger partial charge in [-0.1, -0.05) is 32.0 Å². The molecule has 7 heteroatoms. The van der Waals surface area contributed by atoms with Gasteiger partial charge in [-0.25, -0.2) is 4.79 Å². The highest BCUT2D eigenvalue weighted by Crippen LogP contribution is 2.17. The van der Waals surface area contributed by atoms with E-state index in [2.05, 4.69) is 29.1 Å². The summed E-state index contributed by atoms with van der Waals surface area (Å²) in [4.78, 5) is 43.7. The average molecular weight is 364 g/mol. The SMILES string of the molecule is CC(C)c1ccc(NC(=O)c2c[nH]c(=O)n(Cc3ccccn3)c2=O)cc1. The van der Waals surface area contributed by atoms with E-state index in [9.17, 15) is 14.4 Å². The van der Waals surface area contributed by atoms with Crippen LogP contribution in [-0.4, -0.2) is 20.4 Å². The highest BCUT2D eigenvalue weighted by molar-refractivity contribution is 6.03. The van der Waals surface area contributed by atoms with Crippen molar-refractivity contribution in [3.05, 3.63) is 92.5 Å². The van der Waals surface area contributed by atoms with Gasteiger partial charge >= 0.3 is 5.69 Å². The third kappa shape index (κ3) is 4.20. The Morgan fingerprint density at radius 1 is 1.15 bits per heavy atom. The number of nitrogens with zero attached hydrogens (tertiary/aromatic N) is 2. The minimum absolute atomic E-state index is 0.0147. The van der Waals surface area contributed by atoms with Gasteiger partial charge in [-0.15, -0.1) is 0 Å². The lowest BCUT2D eigenvalue weighted by atomic mass is 10.0. The van der Waals surface area contributed by atoms with Crippen LogP contribution in [0.2, 0.25) is 0 Å². The van der Waals surface area contributed by atoms with Crippen LogP contribution in [0.4, 0.5) is 5.69 Å². The van der Waals surface area contributed by atoms with Crippen LogP contribution < -0.4 is 16.6 Å². The molecule has 3 rings (SSSR count). The van der Waals surface area contributed by atoms with Gasteiger partial charge < -0.3 is 10.3 Å². The molecular formula is C20H20N4O3. The predicted octanol–water partition coefficient (Wildman–Crippen LogP) is 2.36. The first-order valence-corrected chi connectivity index (χ1v) is 8.59. The first kappa shape index (κ1) is 18.3. The van der Waals surface area contributed by atoms with Crippen LogP contribution in [0, 0.1) is 0 Å². The van der Waals surface area contributed by atoms with Crippen molar-refractivity contribution in [3.8, 4) is 0 Å². The van der Waals surface area contributed by atoms with Gasteiger partial charge in [0.1, 0.15) is 5.56 Å². The van der Waals surface area contributed by atoms with Crippen LogP contribution >= 0.6 is 0 Å². The number of amides is 1. The maximum Gasteiger partial charge on any atom is 0.328 e. The normalized spacial score (nSPS) is 10.8. The van der Waals surface area contributed by atoms with Gasteiger partial charge in [0, 0.05) is 18.1 Å². The van der Waals surface area contributed by atoms with Crippen LogP contribution in [0.1, 0.15) is 41.4 Å². The fraction of sp³-hybridized carbons (Fsp3) is 0.200. The molecule has 27 heavy (non-hydrogen) atoms. The van der Waals surface area contributed by atoms with E-state index in [0.717, 1.165) is 16.3 Å². The van der Waals surface area contributed by atoms with Gasteiger partial charge in [-0.3, -0.25) is 19.1 Å². The Bertz CT molecular complexity index is 1050. The number of pyridine rings is 1. The second-order valence-electron chi connectivity index (χ2n) is 6.45. The summed E-state index contributed by atoms with van der Waals surface area (Å²) in [6, 6.07) is 12.6. The Kier molecular flexibility index (Phi) is 5.30. The largest absolute Gasteiger partial charge is 0.328 e. The molecule has 0 atom stereocenters. The number of anilines is 1. The Labute approximate surface area is 155 Å². The highest BCUT2D eigenvalue weighted by Gasteiger charge is 2.15. The molecule has 7 nitrogen and oxygen atoms in total. The van der Waals surface area contributed by atoms with Crippen LogP contribution in [0.15, 0.2) is 64.4 Å². The van der Waals surface area contributed by atoms with Gasteiger partial charge in [0.15, 0.2) is 0 Å². The van der Waals surface area contributed by atoms with Crippen LogP contribution in [0.5, 0.6) is 0 Å². The molecule has 1 aromatic carbocycles. The maximum absolute atomic E-state index is 12.6. The lowest BCUT2D eigenvalue weighted by molar-refractivity contribution is 0.102. The van der Waals surface area contributed by atoms with E-state index in [0.29, 0.717) is 17.3 Å². The van der Waals surface area contributed by atoms with E-state index in [1.807, 2.05) is 12.1 Å². The van der Waals surface area contributed by atoms with E-state index in [1.165, 1.54) is 0 Å². The summed E-state index contributed by atoms with van der Waals surface area (Å²) in [7, 11) is 0. The number of aromatic nitrogens is 3. The number of H-pyrrole nitrogens is 1. The van der Waals surface area contributed by atoms with E-state index >= 15 is 0 Å². The third-order valence-corrected chi connectivity index (χ3v) is 4.19. The fourth-order valence-corrected chi connectivity index (χ4v) is 2.62. The van der Waals surface area contributed by atoms with Crippen LogP contribution in [0.25, 0.3) is 0 Å². The first-order chi connectivity index (χ1) is 13.0. The molecule has 0 radical (unpaired) electrons. The monoisotopic (exact) mass is 364 g/mol. The molecule has 0 saturated heterocycles. The molecule has 0 aliphatic rings. The lowest BCUT2D eigenvalue weighted by Crippen LogP contribution is -2.39. The Morgan fingerprint density at radius 3 is 2.52 bits per heavy atom. The number of carbonyl (C=O) groups is 1. The molecule has 2 N–H and O–H groups in total. The molecular weight excluding hydrogens is 344 g/mol. The summed E-state index contributed by atoms with van der Waals surface area (Å²) in [5, 5.41) is 2.69. The predicted molar refractivity (Wildman–Crippen MR) is 103 cm³/mol. The molecule has 0 bridgehead atoms. The zero-order valence-corrected chi connectivity index (χ0v) is 15.1. The molecule has 2 heterocycles. The highest BCUT2D eigenvalue weighted by atomic mass is 16.2. The van der Waals surface area contributed by atoms with Crippen molar-refractivity contribution in [1.29, 1.82) is 0 Å². The van der Waals surface area contributed by atoms with Crippen molar-refractivity contribution in [2.75, 3.05) is 5.32 Å². The average Bonchev–Trinajstić information content (AvgIpc) is 2.66. The van der Waals surface area contributed by atoms with Crippen LogP contribution in [0.3, 0.4) is 0 Å². The second kappa shape index (κ2) is 7.82. The van der Waals surface area contributed by atoms with Crippen molar-refractivity contribution in [2.24, 2.45) is 0 Å². The van der Waals surface area contributed by atoms with Crippen molar-refractivity contribution in [3.63, 3.8) is 0 Å². The summed E-state index contributed by atoms with van der Waals surface area (Å²) in [5.41, 5.74) is 0.871. The smallest absolute Gasteiger partial charge is 0.322 e. The lowest BCUT2D eigenvalue weighted by Gasteiger charge is -2.09. The zero-order valence-electron chi connectivity index (χ0n) is 15.1. The topological polar surface area (TPSA) is 96.8 Å². The summed E-state index contributed by atoms with van der Waals surface area (Å²) in [6.45, 7) is 4.15. The number of rotatable bonds is 5. The van der Waals surface area contributed by atoms with Crippen LogP contribution in [-0.2, 0) is 6.54 Å². The number of hydrogen-bond acceptors (Lipinski definition) is 4. The summed E-state index contributed by atoms with van der Waals surface area (Å²) in [6.07, 6.45) is 2.71. The van der Waals surface area contributed by atoms with E-state index in [1.54, 1.807) is 36.5 Å². The molecule has 0 fully saturated rings. The second-order valence-corrected chi connectivity index (χ2v) is 6.45. The minimum Gasteiger partial charge on any atom is -0.322 e. The van der Waals surface area contributed by atoms with E-state index in [-0.39, 0.29) is 12.1 Å². The summed E-state index contributed by atoms with van der Waals surface area (Å²) < 4.78 is 0.957. The van der Waals surface area contributed by atoms with Crippen molar-refractivity contribution >= 4 is 11.6 Å². The fourth-order valence-electron chi connectivity index (χ4n) is 2.62. The Morgan fingerprint density at radius 2 is 1.89 bits per heavy atom. The number of carbonyl (C=O) groups excluding carboxylic acids is 1. The molecule has 2 aromatic heterocycles. The van der Waals surface area contributed by atoms with Gasteiger partial charge in [-0.05, 0) is 35.7 Å². The summed E-state index contributed by atoms with van der Waals surface area (Å²) >= 11 is 0. The molecule has 3 aromatic rings. The van der Waals surface area contributed by atoms with Crippen molar-refractivity contribution in [1.82, 2.24) is 14.5 Å². The van der Waals surface area contributed by atoms with Gasteiger partial charge in [0.05, 0.1) is 12.2 Å². The van der Waals surface area contributed by atoms with Crippen molar-refractivity contribution < 1.29 is 4.79 Å². The summed E-state index contributed by atoms with van der Waals surface area (Å²) in [5.74, 6) is -0.198. The number of nitrogens with one attached hydrogen (secondary N) is 2. The Balaban J connectivity index is 1.86. The molecule has 0 aliphatic carbocycles. The van der Waals surface area contributed by atoms with Crippen molar-refractivity contribution in [2.45, 2.75) is 26.3 Å².